The number of amides is 2. The van der Waals surface area contributed by atoms with Gasteiger partial charge in [0.05, 0.1) is 0 Å². The lowest BCUT2D eigenvalue weighted by Crippen LogP contribution is -2.72. The second-order valence-corrected chi connectivity index (χ2v) is 8.75. The highest BCUT2D eigenvalue weighted by Crippen LogP contribution is 2.44. The number of alkyl halides is 3. The number of carbonyl (C=O) groups excluding carboxylic acids is 2. The number of benzene rings is 2. The van der Waals surface area contributed by atoms with Crippen molar-refractivity contribution in [2.75, 3.05) is 0 Å². The molecule has 0 aliphatic carbocycles. The number of carbonyl (C=O) groups is 2. The van der Waals surface area contributed by atoms with Gasteiger partial charge in [0.15, 0.2) is 5.78 Å². The van der Waals surface area contributed by atoms with Crippen LogP contribution in [0, 0.1) is 5.92 Å². The summed E-state index contributed by atoms with van der Waals surface area (Å²) in [5.74, 6) is -3.08. The normalized spacial score (nSPS) is 23.0. The number of ketones is 1. The highest BCUT2D eigenvalue weighted by Gasteiger charge is 2.66. The molecule has 33 heavy (non-hydrogen) atoms. The lowest BCUT2D eigenvalue weighted by atomic mass is 9.79. The van der Waals surface area contributed by atoms with E-state index in [1.165, 1.54) is 41.7 Å². The van der Waals surface area contributed by atoms with Crippen molar-refractivity contribution in [2.24, 2.45) is 5.92 Å². The van der Waals surface area contributed by atoms with E-state index in [1.54, 1.807) is 24.3 Å². The van der Waals surface area contributed by atoms with Crippen molar-refractivity contribution in [3.8, 4) is 11.3 Å². The molecular weight excluding hydrogens is 529 g/mol. The van der Waals surface area contributed by atoms with E-state index >= 15 is 0 Å². The molecular formula is C22H15BrClF3N2O4. The first kappa shape index (κ1) is 23.3. The van der Waals surface area contributed by atoms with Gasteiger partial charge >= 0.3 is 12.2 Å². The third-order valence-electron chi connectivity index (χ3n) is 5.28. The summed E-state index contributed by atoms with van der Waals surface area (Å²) >= 11 is 9.13. The van der Waals surface area contributed by atoms with Crippen molar-refractivity contribution in [3.63, 3.8) is 0 Å². The summed E-state index contributed by atoms with van der Waals surface area (Å²) in [7, 11) is 0. The molecule has 3 N–H and O–H groups in total. The fourth-order valence-electron chi connectivity index (χ4n) is 3.66. The van der Waals surface area contributed by atoms with Crippen LogP contribution in [0.5, 0.6) is 0 Å². The molecule has 0 spiro atoms. The Hall–Kier alpha value is -2.82. The molecule has 0 saturated carbocycles. The molecule has 6 nitrogen and oxygen atoms in total. The Bertz CT molecular complexity index is 1200. The van der Waals surface area contributed by atoms with Gasteiger partial charge in [-0.05, 0) is 48.5 Å². The molecule has 2 amide bonds. The fraction of sp³-hybridized carbons (Fsp3) is 0.182. The van der Waals surface area contributed by atoms with Crippen LogP contribution < -0.4 is 10.6 Å². The van der Waals surface area contributed by atoms with Crippen LogP contribution in [0.15, 0.2) is 69.6 Å². The Morgan fingerprint density at radius 2 is 1.70 bits per heavy atom. The monoisotopic (exact) mass is 542 g/mol. The van der Waals surface area contributed by atoms with E-state index in [4.69, 9.17) is 16.0 Å². The Morgan fingerprint density at radius 3 is 2.30 bits per heavy atom. The van der Waals surface area contributed by atoms with E-state index in [1.807, 2.05) is 0 Å². The van der Waals surface area contributed by atoms with Gasteiger partial charge < -0.3 is 20.2 Å². The maximum Gasteiger partial charge on any atom is 0.437 e. The Kier molecular flexibility index (Phi) is 6.02. The number of halogens is 5. The van der Waals surface area contributed by atoms with Crippen molar-refractivity contribution < 1.29 is 32.3 Å². The minimum absolute atomic E-state index is 0.127. The summed E-state index contributed by atoms with van der Waals surface area (Å²) in [5.41, 5.74) is -3.35. The van der Waals surface area contributed by atoms with E-state index in [9.17, 15) is 27.9 Å². The average Bonchev–Trinajstić information content (AvgIpc) is 3.23. The van der Waals surface area contributed by atoms with Gasteiger partial charge in [-0.25, -0.2) is 4.79 Å². The molecule has 11 heteroatoms. The summed E-state index contributed by atoms with van der Waals surface area (Å²) in [6.07, 6.45) is -5.36. The largest absolute Gasteiger partial charge is 0.459 e. The van der Waals surface area contributed by atoms with Crippen molar-refractivity contribution in [1.82, 2.24) is 10.6 Å². The number of Topliss-reactive ketones (excluding diaryl/α,β-unsaturated/α-hetero) is 1. The first-order valence-corrected chi connectivity index (χ1v) is 10.7. The molecule has 3 atom stereocenters. The lowest BCUT2D eigenvalue weighted by molar-refractivity contribution is -0.288. The van der Waals surface area contributed by atoms with E-state index in [0.29, 0.717) is 11.3 Å². The maximum absolute atomic E-state index is 14.0. The molecule has 0 bridgehead atoms. The first-order valence-electron chi connectivity index (χ1n) is 9.53. The van der Waals surface area contributed by atoms with E-state index in [2.05, 4.69) is 21.2 Å². The van der Waals surface area contributed by atoms with Crippen molar-refractivity contribution in [2.45, 2.75) is 17.9 Å². The molecule has 2 heterocycles. The number of nitrogens with one attached hydrogen (secondary N) is 2. The van der Waals surface area contributed by atoms with Crippen molar-refractivity contribution in [3.05, 3.63) is 81.5 Å². The molecule has 0 radical (unpaired) electrons. The maximum atomic E-state index is 14.0. The minimum atomic E-state index is -5.36. The number of urea groups is 1. The lowest BCUT2D eigenvalue weighted by Gasteiger charge is -2.44. The summed E-state index contributed by atoms with van der Waals surface area (Å²) < 4.78 is 48.5. The number of hydrogen-bond acceptors (Lipinski definition) is 4. The zero-order chi connectivity index (χ0) is 24.0. The van der Waals surface area contributed by atoms with Crippen LogP contribution in [0.3, 0.4) is 0 Å². The molecule has 172 valence electrons. The second kappa shape index (κ2) is 8.51. The van der Waals surface area contributed by atoms with Crippen LogP contribution in [0.1, 0.15) is 22.2 Å². The van der Waals surface area contributed by atoms with E-state index < -0.39 is 35.7 Å². The van der Waals surface area contributed by atoms with Gasteiger partial charge in [0.1, 0.15) is 23.5 Å². The van der Waals surface area contributed by atoms with Gasteiger partial charge in [0.25, 0.3) is 0 Å². The predicted molar refractivity (Wildman–Crippen MR) is 117 cm³/mol. The van der Waals surface area contributed by atoms with Gasteiger partial charge in [-0.2, -0.15) is 13.2 Å². The van der Waals surface area contributed by atoms with Crippen LogP contribution in [-0.4, -0.2) is 28.8 Å². The number of rotatable bonds is 4. The zero-order valence-electron chi connectivity index (χ0n) is 16.5. The van der Waals surface area contributed by atoms with Crippen LogP contribution >= 0.6 is 27.5 Å². The molecule has 1 aliphatic rings. The Morgan fingerprint density at radius 1 is 1.06 bits per heavy atom. The van der Waals surface area contributed by atoms with E-state index in [0.717, 1.165) is 4.47 Å². The first-order chi connectivity index (χ1) is 15.5. The smallest absolute Gasteiger partial charge is 0.437 e. The van der Waals surface area contributed by atoms with E-state index in [-0.39, 0.29) is 16.3 Å². The average molecular weight is 544 g/mol. The highest BCUT2D eigenvalue weighted by atomic mass is 79.9. The van der Waals surface area contributed by atoms with Gasteiger partial charge in [-0.3, -0.25) is 4.79 Å². The Balaban J connectivity index is 1.80. The molecule has 1 saturated heterocycles. The SMILES string of the molecule is O=C1N[C@H](c2ccc(-c3ccc(Br)cc3)o2)[C@H](C(=O)c2ccc(Cl)cc2)[C@](O)(C(F)(F)F)N1. The molecule has 1 aromatic heterocycles. The quantitative estimate of drug-likeness (QED) is 0.381. The van der Waals surface area contributed by atoms with Crippen LogP contribution in [0.25, 0.3) is 11.3 Å². The van der Waals surface area contributed by atoms with Gasteiger partial charge in [-0.15, -0.1) is 0 Å². The van der Waals surface area contributed by atoms with Crippen LogP contribution in [0.4, 0.5) is 18.0 Å². The van der Waals surface area contributed by atoms with Crippen molar-refractivity contribution in [1.29, 1.82) is 0 Å². The Labute approximate surface area is 198 Å². The number of hydrogen-bond donors (Lipinski definition) is 3. The second-order valence-electron chi connectivity index (χ2n) is 7.40. The van der Waals surface area contributed by atoms with Gasteiger partial charge in [0.2, 0.25) is 5.72 Å². The third kappa shape index (κ3) is 4.38. The zero-order valence-corrected chi connectivity index (χ0v) is 18.8. The highest BCUT2D eigenvalue weighted by molar-refractivity contribution is 9.10. The van der Waals surface area contributed by atoms with Crippen LogP contribution in [0.2, 0.25) is 5.02 Å². The predicted octanol–water partition coefficient (Wildman–Crippen LogP) is 5.47. The molecule has 0 unspecified atom stereocenters. The molecule has 1 fully saturated rings. The molecule has 3 aromatic rings. The topological polar surface area (TPSA) is 91.6 Å². The van der Waals surface area contributed by atoms with Crippen molar-refractivity contribution >= 4 is 39.3 Å². The number of furan rings is 1. The number of aliphatic hydroxyl groups is 1. The summed E-state index contributed by atoms with van der Waals surface area (Å²) in [4.78, 5) is 25.4. The molecule has 1 aliphatic heterocycles. The fourth-order valence-corrected chi connectivity index (χ4v) is 4.05. The minimum Gasteiger partial charge on any atom is -0.459 e. The summed E-state index contributed by atoms with van der Waals surface area (Å²) in [6, 6.07) is 12.0. The summed E-state index contributed by atoms with van der Waals surface area (Å²) in [5, 5.41) is 14.7. The third-order valence-corrected chi connectivity index (χ3v) is 6.06. The van der Waals surface area contributed by atoms with Gasteiger partial charge in [-0.1, -0.05) is 39.7 Å². The van der Waals surface area contributed by atoms with Gasteiger partial charge in [0, 0.05) is 20.6 Å². The molecule has 2 aromatic carbocycles. The molecule has 4 rings (SSSR count). The summed E-state index contributed by atoms with van der Waals surface area (Å²) in [6.45, 7) is 0. The van der Waals surface area contributed by atoms with Crippen LogP contribution in [-0.2, 0) is 0 Å². The standard InChI is InChI=1S/C22H15BrClF3N2O4/c23-13-5-1-11(2-6-13)15-9-10-16(33-15)18-17(19(30)12-3-7-14(24)8-4-12)21(32,22(25,26)27)29-20(31)28-18/h1-10,17-18,32H,(H2,28,29,31)/t17-,18-,21+/m1/s1.